The summed E-state index contributed by atoms with van der Waals surface area (Å²) in [6, 6.07) is 40.3. The van der Waals surface area contributed by atoms with E-state index in [-0.39, 0.29) is 21.7 Å². The standard InChI is InChI=1S/C54H53BN2S2/c1-51(2,3)30-15-18-32(19-16-30)56-42-28-41-40(53(7,8)23-24-54(41,9)10)27-36(42)34-20-21-35-37-26-38-33-13-11-12-14-44(33)58-46(38)29-43(37)57-48(35)47(34)55-50-49(57)39-25-31(52(4,5)6)17-22-45(39)59-50/h11-22,25-29,55-56H,23-24H2,1-10H3. The maximum absolute atomic E-state index is 4.02. The van der Waals surface area contributed by atoms with Crippen LogP contribution in [0.4, 0.5) is 11.4 Å². The summed E-state index contributed by atoms with van der Waals surface area (Å²) in [5, 5.41) is 10.8. The third-order valence-electron chi connectivity index (χ3n) is 14.0. The molecular formula is C54H53BN2S2. The molecule has 0 radical (unpaired) electrons. The smallest absolute Gasteiger partial charge is 0.211 e. The van der Waals surface area contributed by atoms with E-state index in [1.165, 1.54) is 120 Å². The van der Waals surface area contributed by atoms with Crippen LogP contribution in [0, 0.1) is 0 Å². The van der Waals surface area contributed by atoms with Crippen molar-refractivity contribution in [2.75, 3.05) is 5.32 Å². The first kappa shape index (κ1) is 37.2. The van der Waals surface area contributed by atoms with Gasteiger partial charge in [0.15, 0.2) is 0 Å². The Kier molecular flexibility index (Phi) is 7.79. The highest BCUT2D eigenvalue weighted by molar-refractivity contribution is 7.29. The van der Waals surface area contributed by atoms with Crippen molar-refractivity contribution in [3.63, 3.8) is 0 Å². The molecule has 11 rings (SSSR count). The van der Waals surface area contributed by atoms with Crippen LogP contribution in [0.3, 0.4) is 0 Å². The molecule has 6 aromatic carbocycles. The fraction of sp³-hybridized carbons (Fsp3) is 0.296. The third kappa shape index (κ3) is 5.63. The second-order valence-corrected chi connectivity index (χ2v) is 23.2. The maximum atomic E-state index is 4.02. The fourth-order valence-electron chi connectivity index (χ4n) is 10.3. The molecule has 0 saturated carbocycles. The number of anilines is 2. The zero-order valence-electron chi connectivity index (χ0n) is 36.2. The fourth-order valence-corrected chi connectivity index (χ4v) is 12.6. The highest BCUT2D eigenvalue weighted by Gasteiger charge is 2.39. The normalized spacial score (nSPS) is 15.9. The Morgan fingerprint density at radius 3 is 1.98 bits per heavy atom. The van der Waals surface area contributed by atoms with Crippen LogP contribution in [-0.2, 0) is 21.7 Å². The van der Waals surface area contributed by atoms with Gasteiger partial charge in [-0.25, -0.2) is 0 Å². The van der Waals surface area contributed by atoms with Crippen LogP contribution in [0.1, 0.15) is 104 Å². The molecule has 294 valence electrons. The highest BCUT2D eigenvalue weighted by atomic mass is 32.1. The largest absolute Gasteiger partial charge is 0.355 e. The van der Waals surface area contributed by atoms with Gasteiger partial charge in [-0.2, -0.15) is 0 Å². The third-order valence-corrected chi connectivity index (χ3v) is 16.3. The first-order valence-electron chi connectivity index (χ1n) is 21.5. The monoisotopic (exact) mass is 804 g/mol. The number of hydrogen-bond acceptors (Lipinski definition) is 3. The van der Waals surface area contributed by atoms with E-state index in [1.807, 2.05) is 22.7 Å². The highest BCUT2D eigenvalue weighted by Crippen LogP contribution is 2.50. The molecule has 1 N–H and O–H groups in total. The first-order chi connectivity index (χ1) is 28.0. The van der Waals surface area contributed by atoms with Gasteiger partial charge in [-0.15, -0.1) is 22.7 Å². The number of aromatic nitrogens is 1. The van der Waals surface area contributed by atoms with E-state index in [1.54, 1.807) is 0 Å². The van der Waals surface area contributed by atoms with Crippen molar-refractivity contribution < 1.29 is 0 Å². The van der Waals surface area contributed by atoms with E-state index in [9.17, 15) is 0 Å². The predicted octanol–water partition coefficient (Wildman–Crippen LogP) is 14.4. The number of thiophene rings is 2. The predicted molar refractivity (Wildman–Crippen MR) is 263 cm³/mol. The summed E-state index contributed by atoms with van der Waals surface area (Å²) in [6.45, 7) is 23.7. The van der Waals surface area contributed by atoms with E-state index in [4.69, 9.17) is 0 Å². The second kappa shape index (κ2) is 12.4. The van der Waals surface area contributed by atoms with Gasteiger partial charge in [0, 0.05) is 63.5 Å². The molecule has 0 fully saturated rings. The lowest BCUT2D eigenvalue weighted by atomic mass is 9.61. The molecule has 0 atom stereocenters. The summed E-state index contributed by atoms with van der Waals surface area (Å²) in [6.07, 6.45) is 2.36. The molecule has 0 amide bonds. The molecule has 0 unspecified atom stereocenters. The topological polar surface area (TPSA) is 17.0 Å². The van der Waals surface area contributed by atoms with Crippen LogP contribution in [0.5, 0.6) is 0 Å². The molecule has 0 saturated heterocycles. The van der Waals surface area contributed by atoms with Gasteiger partial charge in [0.25, 0.3) is 0 Å². The summed E-state index contributed by atoms with van der Waals surface area (Å²) < 4.78 is 8.21. The maximum Gasteiger partial charge on any atom is 0.211 e. The average Bonchev–Trinajstić information content (AvgIpc) is 3.84. The Bertz CT molecular complexity index is 3230. The quantitative estimate of drug-likeness (QED) is 0.176. The number of nitrogens with one attached hydrogen (secondary N) is 1. The summed E-state index contributed by atoms with van der Waals surface area (Å²) in [7, 11) is 0.908. The molecule has 2 aliphatic rings. The SMILES string of the molecule is CC(C)(C)c1ccc(Nc2cc3c(cc2-c2ccc4c5cc6c(cc5n5c4c2Bc2sc4ccc(C(C)(C)C)cc4c2-5)sc2ccccc26)C(C)(C)CCC3(C)C)cc1. The van der Waals surface area contributed by atoms with E-state index in [0.717, 1.165) is 13.0 Å². The summed E-state index contributed by atoms with van der Waals surface area (Å²) in [5.74, 6) is 0. The molecule has 5 heteroatoms. The van der Waals surface area contributed by atoms with E-state index < -0.39 is 0 Å². The molecule has 4 heterocycles. The summed E-state index contributed by atoms with van der Waals surface area (Å²) in [4.78, 5) is 0. The molecule has 1 aliphatic carbocycles. The molecule has 9 aromatic rings. The Morgan fingerprint density at radius 1 is 0.576 bits per heavy atom. The first-order valence-corrected chi connectivity index (χ1v) is 23.1. The minimum absolute atomic E-state index is 0.0608. The average molecular weight is 805 g/mol. The molecule has 3 aromatic heterocycles. The van der Waals surface area contributed by atoms with Crippen LogP contribution >= 0.6 is 22.7 Å². The van der Waals surface area contributed by atoms with Crippen LogP contribution in [-0.4, -0.2) is 11.8 Å². The Morgan fingerprint density at radius 2 is 1.25 bits per heavy atom. The number of fused-ring (bicyclic) bond motifs is 11. The van der Waals surface area contributed by atoms with E-state index in [2.05, 4.69) is 182 Å². The Balaban J connectivity index is 1.22. The van der Waals surface area contributed by atoms with Gasteiger partial charge in [-0.05, 0) is 127 Å². The number of rotatable bonds is 3. The van der Waals surface area contributed by atoms with Crippen LogP contribution in [0.25, 0.3) is 68.9 Å². The number of hydrogen-bond donors (Lipinski definition) is 1. The van der Waals surface area contributed by atoms with Crippen LogP contribution in [0.15, 0.2) is 103 Å². The number of benzene rings is 6. The zero-order valence-corrected chi connectivity index (χ0v) is 37.8. The Hall–Kier alpha value is -4.84. The van der Waals surface area contributed by atoms with Crippen molar-refractivity contribution in [1.29, 1.82) is 0 Å². The second-order valence-electron chi connectivity index (χ2n) is 21.0. The Labute approximate surface area is 357 Å². The molecular weight excluding hydrogens is 752 g/mol. The lowest BCUT2D eigenvalue weighted by Crippen LogP contribution is -2.36. The van der Waals surface area contributed by atoms with E-state index >= 15 is 0 Å². The van der Waals surface area contributed by atoms with Gasteiger partial charge in [-0.3, -0.25) is 0 Å². The van der Waals surface area contributed by atoms with Crippen LogP contribution in [0.2, 0.25) is 0 Å². The zero-order chi connectivity index (χ0) is 41.0. The van der Waals surface area contributed by atoms with Gasteiger partial charge >= 0.3 is 0 Å². The lowest BCUT2D eigenvalue weighted by molar-refractivity contribution is 0.332. The van der Waals surface area contributed by atoms with Gasteiger partial charge in [0.1, 0.15) is 0 Å². The van der Waals surface area contributed by atoms with Crippen molar-refractivity contribution >= 4 is 104 Å². The molecule has 0 bridgehead atoms. The van der Waals surface area contributed by atoms with Crippen molar-refractivity contribution in [1.82, 2.24) is 4.57 Å². The van der Waals surface area contributed by atoms with Crippen molar-refractivity contribution in [2.24, 2.45) is 0 Å². The summed E-state index contributed by atoms with van der Waals surface area (Å²) >= 11 is 3.91. The van der Waals surface area contributed by atoms with Gasteiger partial charge in [-0.1, -0.05) is 118 Å². The minimum Gasteiger partial charge on any atom is -0.355 e. The van der Waals surface area contributed by atoms with Crippen molar-refractivity contribution in [3.8, 4) is 16.8 Å². The van der Waals surface area contributed by atoms with E-state index in [0.29, 0.717) is 0 Å². The van der Waals surface area contributed by atoms with Crippen molar-refractivity contribution in [3.05, 3.63) is 125 Å². The molecule has 1 aliphatic heterocycles. The van der Waals surface area contributed by atoms with Crippen LogP contribution < -0.4 is 15.6 Å². The molecule has 59 heavy (non-hydrogen) atoms. The molecule has 0 spiro atoms. The van der Waals surface area contributed by atoms with Gasteiger partial charge in [0.05, 0.1) is 11.2 Å². The van der Waals surface area contributed by atoms with Crippen molar-refractivity contribution in [2.45, 2.75) is 104 Å². The lowest BCUT2D eigenvalue weighted by Gasteiger charge is -2.42. The summed E-state index contributed by atoms with van der Waals surface area (Å²) in [5.41, 5.74) is 16.5. The van der Waals surface area contributed by atoms with Gasteiger partial charge < -0.3 is 9.88 Å². The number of nitrogens with zero attached hydrogens (tertiary/aromatic N) is 1. The molecule has 2 nitrogen and oxygen atoms in total. The van der Waals surface area contributed by atoms with Gasteiger partial charge in [0.2, 0.25) is 7.28 Å². The minimum atomic E-state index is 0.0608.